The molecule has 0 bridgehead atoms. The summed E-state index contributed by atoms with van der Waals surface area (Å²) < 4.78 is 20.0. The van der Waals surface area contributed by atoms with Crippen molar-refractivity contribution in [2.24, 2.45) is 0 Å². The summed E-state index contributed by atoms with van der Waals surface area (Å²) in [6.45, 7) is 4.12. The molecule has 0 saturated carbocycles. The monoisotopic (exact) mass is 353 g/mol. The lowest BCUT2D eigenvalue weighted by Crippen LogP contribution is -2.10. The Labute approximate surface area is 131 Å². The summed E-state index contributed by atoms with van der Waals surface area (Å²) in [5.41, 5.74) is 6.83. The molecular formula is C15H17BrFN3O. The van der Waals surface area contributed by atoms with Gasteiger partial charge in [0, 0.05) is 16.6 Å². The molecule has 4 nitrogen and oxygen atoms in total. The highest BCUT2D eigenvalue weighted by Crippen LogP contribution is 2.23. The Morgan fingerprint density at radius 2 is 2.10 bits per heavy atom. The van der Waals surface area contributed by atoms with Crippen molar-refractivity contribution in [3.8, 4) is 5.88 Å². The first-order valence-corrected chi connectivity index (χ1v) is 7.36. The van der Waals surface area contributed by atoms with Crippen LogP contribution in [0.5, 0.6) is 5.88 Å². The zero-order valence-corrected chi connectivity index (χ0v) is 13.4. The molecule has 3 N–H and O–H groups in total. The van der Waals surface area contributed by atoms with Crippen LogP contribution in [0.1, 0.15) is 19.4 Å². The number of nitrogens with zero attached hydrogens (tertiary/aromatic N) is 1. The Morgan fingerprint density at radius 3 is 2.81 bits per heavy atom. The lowest BCUT2D eigenvalue weighted by atomic mass is 10.2. The number of aromatic nitrogens is 1. The van der Waals surface area contributed by atoms with Crippen LogP contribution in [0.3, 0.4) is 0 Å². The van der Waals surface area contributed by atoms with Gasteiger partial charge >= 0.3 is 0 Å². The van der Waals surface area contributed by atoms with Gasteiger partial charge in [-0.3, -0.25) is 0 Å². The smallest absolute Gasteiger partial charge is 0.239 e. The quantitative estimate of drug-likeness (QED) is 0.853. The van der Waals surface area contributed by atoms with Gasteiger partial charge in [-0.15, -0.1) is 0 Å². The first-order valence-electron chi connectivity index (χ1n) is 6.56. The molecule has 1 aromatic carbocycles. The van der Waals surface area contributed by atoms with Crippen LogP contribution in [0.25, 0.3) is 0 Å². The molecule has 1 aromatic heterocycles. The Kier molecular flexibility index (Phi) is 5.01. The second kappa shape index (κ2) is 6.76. The number of nitrogen functional groups attached to an aromatic ring is 1. The molecule has 0 saturated heterocycles. The van der Waals surface area contributed by atoms with Crippen LogP contribution in [-0.2, 0) is 6.54 Å². The van der Waals surface area contributed by atoms with Gasteiger partial charge < -0.3 is 15.8 Å². The number of hydrogen-bond acceptors (Lipinski definition) is 4. The van der Waals surface area contributed by atoms with Gasteiger partial charge in [0.05, 0.1) is 11.8 Å². The summed E-state index contributed by atoms with van der Waals surface area (Å²) in [4.78, 5) is 4.29. The highest BCUT2D eigenvalue weighted by Gasteiger charge is 2.08. The van der Waals surface area contributed by atoms with Gasteiger partial charge in [-0.1, -0.05) is 15.9 Å². The van der Waals surface area contributed by atoms with Crippen molar-refractivity contribution in [3.63, 3.8) is 0 Å². The Bertz CT molecular complexity index is 634. The summed E-state index contributed by atoms with van der Waals surface area (Å²) in [7, 11) is 0. The van der Waals surface area contributed by atoms with E-state index in [-0.39, 0.29) is 11.9 Å². The number of ether oxygens (including phenoxy) is 1. The van der Waals surface area contributed by atoms with Gasteiger partial charge in [0.25, 0.3) is 0 Å². The number of hydrogen-bond donors (Lipinski definition) is 2. The summed E-state index contributed by atoms with van der Waals surface area (Å²) in [5, 5.41) is 3.06. The molecule has 0 spiro atoms. The van der Waals surface area contributed by atoms with E-state index in [2.05, 4.69) is 26.2 Å². The van der Waals surface area contributed by atoms with E-state index in [0.29, 0.717) is 29.5 Å². The van der Waals surface area contributed by atoms with Crippen molar-refractivity contribution in [2.75, 3.05) is 11.1 Å². The third-order valence-corrected chi connectivity index (χ3v) is 3.20. The highest BCUT2D eigenvalue weighted by atomic mass is 79.9. The van der Waals surface area contributed by atoms with Crippen LogP contribution in [0.15, 0.2) is 34.8 Å². The van der Waals surface area contributed by atoms with Gasteiger partial charge in [-0.2, -0.15) is 4.98 Å². The molecule has 6 heteroatoms. The zero-order valence-electron chi connectivity index (χ0n) is 11.9. The Hall–Kier alpha value is -1.82. The molecule has 0 amide bonds. The number of anilines is 2. The van der Waals surface area contributed by atoms with Gasteiger partial charge in [0.15, 0.2) is 0 Å². The number of nitrogens with one attached hydrogen (secondary N) is 1. The normalized spacial score (nSPS) is 10.7. The third-order valence-electron chi connectivity index (χ3n) is 2.70. The molecule has 0 atom stereocenters. The summed E-state index contributed by atoms with van der Waals surface area (Å²) >= 11 is 3.32. The molecule has 112 valence electrons. The maximum Gasteiger partial charge on any atom is 0.239 e. The number of benzene rings is 1. The first-order chi connectivity index (χ1) is 9.95. The molecule has 0 fully saturated rings. The average Bonchev–Trinajstić information content (AvgIpc) is 2.42. The van der Waals surface area contributed by atoms with Gasteiger partial charge in [0.1, 0.15) is 11.6 Å². The van der Waals surface area contributed by atoms with Crippen molar-refractivity contribution in [3.05, 3.63) is 46.2 Å². The SMILES string of the molecule is CC(C)Oc1nc(NCc2cc(Br)ccc2F)ccc1N. The van der Waals surface area contributed by atoms with Crippen molar-refractivity contribution in [1.29, 1.82) is 0 Å². The molecule has 2 aromatic rings. The second-order valence-corrected chi connectivity index (χ2v) is 5.76. The second-order valence-electron chi connectivity index (χ2n) is 4.85. The van der Waals surface area contributed by atoms with Crippen molar-refractivity contribution >= 4 is 27.4 Å². The predicted molar refractivity (Wildman–Crippen MR) is 85.8 cm³/mol. The van der Waals surface area contributed by atoms with Crippen molar-refractivity contribution in [2.45, 2.75) is 26.5 Å². The van der Waals surface area contributed by atoms with Crippen LogP contribution in [0.2, 0.25) is 0 Å². The van der Waals surface area contributed by atoms with Crippen LogP contribution >= 0.6 is 15.9 Å². The molecule has 1 heterocycles. The minimum atomic E-state index is -0.264. The molecule has 0 radical (unpaired) electrons. The number of pyridine rings is 1. The number of halogens is 2. The third kappa shape index (κ3) is 4.32. The lowest BCUT2D eigenvalue weighted by Gasteiger charge is -2.13. The Morgan fingerprint density at radius 1 is 1.33 bits per heavy atom. The van der Waals surface area contributed by atoms with E-state index in [1.54, 1.807) is 24.3 Å². The standard InChI is InChI=1S/C15H17BrFN3O/c1-9(2)21-15-13(18)5-6-14(20-15)19-8-10-7-11(16)3-4-12(10)17/h3-7,9H,8,18H2,1-2H3,(H,19,20). The zero-order chi connectivity index (χ0) is 15.4. The molecule has 0 aliphatic heterocycles. The molecule has 0 unspecified atom stereocenters. The molecular weight excluding hydrogens is 337 g/mol. The van der Waals surface area contributed by atoms with E-state index in [1.807, 2.05) is 13.8 Å². The minimum absolute atomic E-state index is 0.0161. The van der Waals surface area contributed by atoms with Crippen molar-refractivity contribution in [1.82, 2.24) is 4.98 Å². The van der Waals surface area contributed by atoms with E-state index in [9.17, 15) is 4.39 Å². The van der Waals surface area contributed by atoms with Gasteiger partial charge in [-0.05, 0) is 44.2 Å². The van der Waals surface area contributed by atoms with E-state index in [0.717, 1.165) is 4.47 Å². The Balaban J connectivity index is 2.11. The fourth-order valence-electron chi connectivity index (χ4n) is 1.73. The average molecular weight is 354 g/mol. The van der Waals surface area contributed by atoms with Gasteiger partial charge in [0.2, 0.25) is 5.88 Å². The first kappa shape index (κ1) is 15.6. The van der Waals surface area contributed by atoms with Crippen LogP contribution in [0, 0.1) is 5.82 Å². The largest absolute Gasteiger partial charge is 0.473 e. The fourth-order valence-corrected chi connectivity index (χ4v) is 2.14. The maximum absolute atomic E-state index is 13.7. The van der Waals surface area contributed by atoms with E-state index < -0.39 is 0 Å². The molecule has 0 aliphatic rings. The highest BCUT2D eigenvalue weighted by molar-refractivity contribution is 9.10. The fraction of sp³-hybridized carbons (Fsp3) is 0.267. The van der Waals surface area contributed by atoms with E-state index in [4.69, 9.17) is 10.5 Å². The maximum atomic E-state index is 13.7. The van der Waals surface area contributed by atoms with Gasteiger partial charge in [-0.25, -0.2) is 4.39 Å². The van der Waals surface area contributed by atoms with Crippen LogP contribution < -0.4 is 15.8 Å². The lowest BCUT2D eigenvalue weighted by molar-refractivity contribution is 0.234. The molecule has 0 aliphatic carbocycles. The van der Waals surface area contributed by atoms with Crippen LogP contribution in [-0.4, -0.2) is 11.1 Å². The summed E-state index contributed by atoms with van der Waals surface area (Å²) in [6.07, 6.45) is -0.0161. The summed E-state index contributed by atoms with van der Waals surface area (Å²) in [5.74, 6) is 0.698. The van der Waals surface area contributed by atoms with E-state index >= 15 is 0 Å². The van der Waals surface area contributed by atoms with Crippen LogP contribution in [0.4, 0.5) is 15.9 Å². The topological polar surface area (TPSA) is 60.2 Å². The van der Waals surface area contributed by atoms with E-state index in [1.165, 1.54) is 6.07 Å². The number of nitrogens with two attached hydrogens (primary N) is 1. The molecule has 21 heavy (non-hydrogen) atoms. The summed E-state index contributed by atoms with van der Waals surface area (Å²) in [6, 6.07) is 8.26. The molecule has 2 rings (SSSR count). The van der Waals surface area contributed by atoms with Crippen molar-refractivity contribution < 1.29 is 9.13 Å². The number of rotatable bonds is 5. The minimum Gasteiger partial charge on any atom is -0.473 e. The predicted octanol–water partition coefficient (Wildman–Crippen LogP) is 3.96.